The van der Waals surface area contributed by atoms with Crippen molar-refractivity contribution < 1.29 is 10.0 Å². The standard InChI is InChI=1S/C13H20BNO2/c1-2-12-7-5-9-15(12)10-11-6-3-4-8-13(11)14(16)17/h3-4,6,8,12,16-17H,2,5,7,9-10H2,1H3. The van der Waals surface area contributed by atoms with Gasteiger partial charge in [-0.3, -0.25) is 4.90 Å². The number of likely N-dealkylation sites (tertiary alicyclic amines) is 1. The van der Waals surface area contributed by atoms with Crippen molar-refractivity contribution in [2.45, 2.75) is 38.8 Å². The Morgan fingerprint density at radius 1 is 1.35 bits per heavy atom. The Hall–Kier alpha value is -0.835. The van der Waals surface area contributed by atoms with Gasteiger partial charge in [0.1, 0.15) is 0 Å². The molecule has 2 rings (SSSR count). The SMILES string of the molecule is CCC1CCCN1Cc1ccccc1B(O)O. The molecule has 0 saturated carbocycles. The average Bonchev–Trinajstić information content (AvgIpc) is 2.77. The second-order valence-corrected chi connectivity index (χ2v) is 4.75. The van der Waals surface area contributed by atoms with E-state index in [4.69, 9.17) is 0 Å². The van der Waals surface area contributed by atoms with E-state index in [2.05, 4.69) is 11.8 Å². The maximum absolute atomic E-state index is 9.34. The maximum Gasteiger partial charge on any atom is 0.488 e. The monoisotopic (exact) mass is 233 g/mol. The number of hydrogen-bond donors (Lipinski definition) is 2. The Balaban J connectivity index is 2.12. The van der Waals surface area contributed by atoms with E-state index in [-0.39, 0.29) is 0 Å². The van der Waals surface area contributed by atoms with Crippen molar-refractivity contribution >= 4 is 12.6 Å². The second kappa shape index (κ2) is 5.67. The van der Waals surface area contributed by atoms with Crippen molar-refractivity contribution in [1.82, 2.24) is 4.90 Å². The lowest BCUT2D eigenvalue weighted by atomic mass is 9.77. The van der Waals surface area contributed by atoms with Crippen LogP contribution in [0, 0.1) is 0 Å². The zero-order chi connectivity index (χ0) is 12.3. The first kappa shape index (κ1) is 12.6. The molecule has 92 valence electrons. The topological polar surface area (TPSA) is 43.7 Å². The molecular formula is C13H20BNO2. The van der Waals surface area contributed by atoms with Crippen molar-refractivity contribution in [1.29, 1.82) is 0 Å². The van der Waals surface area contributed by atoms with Gasteiger partial charge in [-0.05, 0) is 36.8 Å². The highest BCUT2D eigenvalue weighted by molar-refractivity contribution is 6.59. The molecule has 17 heavy (non-hydrogen) atoms. The van der Waals surface area contributed by atoms with Crippen molar-refractivity contribution in [3.63, 3.8) is 0 Å². The molecule has 1 aromatic carbocycles. The first-order valence-electron chi connectivity index (χ1n) is 6.40. The van der Waals surface area contributed by atoms with Crippen molar-refractivity contribution in [3.05, 3.63) is 29.8 Å². The van der Waals surface area contributed by atoms with Crippen LogP contribution in [0.15, 0.2) is 24.3 Å². The fourth-order valence-corrected chi connectivity index (χ4v) is 2.71. The summed E-state index contributed by atoms with van der Waals surface area (Å²) in [6.45, 7) is 4.16. The second-order valence-electron chi connectivity index (χ2n) is 4.75. The summed E-state index contributed by atoms with van der Waals surface area (Å²) >= 11 is 0. The van der Waals surface area contributed by atoms with Gasteiger partial charge < -0.3 is 10.0 Å². The fraction of sp³-hybridized carbons (Fsp3) is 0.538. The minimum absolute atomic E-state index is 0.634. The molecule has 1 saturated heterocycles. The van der Waals surface area contributed by atoms with Crippen LogP contribution >= 0.6 is 0 Å². The average molecular weight is 233 g/mol. The Kier molecular flexibility index (Phi) is 4.21. The fourth-order valence-electron chi connectivity index (χ4n) is 2.71. The van der Waals surface area contributed by atoms with Crippen LogP contribution in [0.2, 0.25) is 0 Å². The molecule has 1 aromatic rings. The largest absolute Gasteiger partial charge is 0.488 e. The summed E-state index contributed by atoms with van der Waals surface area (Å²) in [5, 5.41) is 18.7. The molecule has 0 aromatic heterocycles. The van der Waals surface area contributed by atoms with Crippen LogP contribution in [0.4, 0.5) is 0 Å². The molecule has 2 N–H and O–H groups in total. The van der Waals surface area contributed by atoms with Gasteiger partial charge >= 0.3 is 7.12 Å². The van der Waals surface area contributed by atoms with Crippen LogP contribution in [0.3, 0.4) is 0 Å². The first-order chi connectivity index (χ1) is 8.22. The van der Waals surface area contributed by atoms with Gasteiger partial charge in [-0.2, -0.15) is 0 Å². The van der Waals surface area contributed by atoms with Crippen molar-refractivity contribution in [2.75, 3.05) is 6.54 Å². The molecule has 1 heterocycles. The van der Waals surface area contributed by atoms with E-state index < -0.39 is 7.12 Å². The minimum Gasteiger partial charge on any atom is -0.423 e. The summed E-state index contributed by atoms with van der Waals surface area (Å²) in [5.41, 5.74) is 1.66. The summed E-state index contributed by atoms with van der Waals surface area (Å²) in [6.07, 6.45) is 3.69. The highest BCUT2D eigenvalue weighted by Gasteiger charge is 2.24. The lowest BCUT2D eigenvalue weighted by molar-refractivity contribution is 0.240. The molecule has 0 amide bonds. The third-order valence-corrected chi connectivity index (χ3v) is 3.68. The normalized spacial score (nSPS) is 20.8. The highest BCUT2D eigenvalue weighted by Crippen LogP contribution is 2.21. The molecule has 0 bridgehead atoms. The van der Waals surface area contributed by atoms with Crippen LogP contribution in [-0.2, 0) is 6.54 Å². The van der Waals surface area contributed by atoms with Crippen LogP contribution < -0.4 is 5.46 Å². The third kappa shape index (κ3) is 2.89. The molecule has 1 unspecified atom stereocenters. The number of hydrogen-bond acceptors (Lipinski definition) is 3. The lowest BCUT2D eigenvalue weighted by Crippen LogP contribution is -2.37. The zero-order valence-electron chi connectivity index (χ0n) is 10.3. The molecule has 0 radical (unpaired) electrons. The van der Waals surface area contributed by atoms with Crippen LogP contribution in [0.5, 0.6) is 0 Å². The van der Waals surface area contributed by atoms with E-state index in [1.807, 2.05) is 18.2 Å². The van der Waals surface area contributed by atoms with Crippen LogP contribution in [0.1, 0.15) is 31.7 Å². The van der Waals surface area contributed by atoms with E-state index in [9.17, 15) is 10.0 Å². The Labute approximate surface area is 103 Å². The van der Waals surface area contributed by atoms with Gasteiger partial charge in [0, 0.05) is 12.6 Å². The van der Waals surface area contributed by atoms with Gasteiger partial charge in [0.2, 0.25) is 0 Å². The summed E-state index contributed by atoms with van der Waals surface area (Å²) in [5.74, 6) is 0. The molecule has 0 aliphatic carbocycles. The summed E-state index contributed by atoms with van der Waals surface area (Å²) < 4.78 is 0. The van der Waals surface area contributed by atoms with Gasteiger partial charge in [0.15, 0.2) is 0 Å². The van der Waals surface area contributed by atoms with E-state index in [1.54, 1.807) is 6.07 Å². The van der Waals surface area contributed by atoms with E-state index in [1.165, 1.54) is 19.3 Å². The molecule has 1 aliphatic rings. The summed E-state index contributed by atoms with van der Waals surface area (Å²) in [7, 11) is -1.37. The molecule has 3 nitrogen and oxygen atoms in total. The number of nitrogens with zero attached hydrogens (tertiary/aromatic N) is 1. The van der Waals surface area contributed by atoms with Gasteiger partial charge in [-0.15, -0.1) is 0 Å². The molecular weight excluding hydrogens is 213 g/mol. The molecule has 1 atom stereocenters. The quantitative estimate of drug-likeness (QED) is 0.754. The van der Waals surface area contributed by atoms with E-state index in [0.717, 1.165) is 18.7 Å². The van der Waals surface area contributed by atoms with E-state index >= 15 is 0 Å². The van der Waals surface area contributed by atoms with Crippen LogP contribution in [0.25, 0.3) is 0 Å². The van der Waals surface area contributed by atoms with E-state index in [0.29, 0.717) is 11.5 Å². The lowest BCUT2D eigenvalue weighted by Gasteiger charge is -2.24. The summed E-state index contributed by atoms with van der Waals surface area (Å²) in [6, 6.07) is 8.23. The minimum atomic E-state index is -1.37. The maximum atomic E-state index is 9.34. The van der Waals surface area contributed by atoms with Crippen molar-refractivity contribution in [2.24, 2.45) is 0 Å². The Morgan fingerprint density at radius 3 is 2.82 bits per heavy atom. The summed E-state index contributed by atoms with van der Waals surface area (Å²) in [4.78, 5) is 2.45. The Morgan fingerprint density at radius 2 is 2.12 bits per heavy atom. The van der Waals surface area contributed by atoms with Gasteiger partial charge in [-0.1, -0.05) is 31.2 Å². The Bertz CT molecular complexity index is 370. The smallest absolute Gasteiger partial charge is 0.423 e. The molecule has 1 aliphatic heterocycles. The molecule has 1 fully saturated rings. The number of benzene rings is 1. The molecule has 0 spiro atoms. The highest BCUT2D eigenvalue weighted by atomic mass is 16.4. The third-order valence-electron chi connectivity index (χ3n) is 3.68. The van der Waals surface area contributed by atoms with Gasteiger partial charge in [0.25, 0.3) is 0 Å². The molecule has 4 heteroatoms. The van der Waals surface area contributed by atoms with Crippen LogP contribution in [-0.4, -0.2) is 34.7 Å². The van der Waals surface area contributed by atoms with Gasteiger partial charge in [-0.25, -0.2) is 0 Å². The first-order valence-corrected chi connectivity index (χ1v) is 6.40. The predicted octanol–water partition coefficient (Wildman–Crippen LogP) is 0.741. The van der Waals surface area contributed by atoms with Gasteiger partial charge in [0.05, 0.1) is 0 Å². The zero-order valence-corrected chi connectivity index (χ0v) is 10.3. The predicted molar refractivity (Wildman–Crippen MR) is 70.0 cm³/mol. The van der Waals surface area contributed by atoms with Crippen molar-refractivity contribution in [3.8, 4) is 0 Å². The number of rotatable bonds is 4.